The summed E-state index contributed by atoms with van der Waals surface area (Å²) >= 11 is 0. The molecule has 1 saturated heterocycles. The first-order valence-corrected chi connectivity index (χ1v) is 13.0. The van der Waals surface area contributed by atoms with Gasteiger partial charge >= 0.3 is 6.03 Å². The molecule has 2 aromatic rings. The summed E-state index contributed by atoms with van der Waals surface area (Å²) in [5.74, 6) is 0.102. The third-order valence-corrected chi connectivity index (χ3v) is 7.72. The first kappa shape index (κ1) is 24.7. The van der Waals surface area contributed by atoms with Crippen molar-refractivity contribution in [2.75, 3.05) is 46.8 Å². The Labute approximate surface area is 203 Å². The van der Waals surface area contributed by atoms with Crippen LogP contribution in [-0.4, -0.2) is 84.5 Å². The number of carbonyl (C=O) groups excluding carboxylic acids is 2. The van der Waals surface area contributed by atoms with E-state index in [-0.39, 0.29) is 17.9 Å². The van der Waals surface area contributed by atoms with Crippen molar-refractivity contribution in [3.8, 4) is 0 Å². The minimum Gasteiger partial charge on any atom is -0.358 e. The second-order valence-electron chi connectivity index (χ2n) is 10.1. The van der Waals surface area contributed by atoms with Crippen LogP contribution >= 0.6 is 0 Å². The van der Waals surface area contributed by atoms with Gasteiger partial charge in [0.25, 0.3) is 0 Å². The number of aromatic nitrogens is 1. The number of nitrogens with zero attached hydrogens (tertiary/aromatic N) is 3. The molecule has 0 saturated carbocycles. The zero-order valence-electron chi connectivity index (χ0n) is 21.5. The van der Waals surface area contributed by atoms with Crippen molar-refractivity contribution < 1.29 is 9.59 Å². The van der Waals surface area contributed by atoms with Gasteiger partial charge in [0.05, 0.1) is 5.92 Å². The van der Waals surface area contributed by atoms with Gasteiger partial charge in [-0.25, -0.2) is 4.79 Å². The Bertz CT molecular complexity index is 1030. The van der Waals surface area contributed by atoms with E-state index in [0.717, 1.165) is 45.3 Å². The molecular weight excluding hydrogens is 426 g/mol. The molecule has 1 aliphatic carbocycles. The van der Waals surface area contributed by atoms with Gasteiger partial charge in [-0.2, -0.15) is 0 Å². The van der Waals surface area contributed by atoms with E-state index in [1.54, 1.807) is 0 Å². The number of benzene rings is 1. The van der Waals surface area contributed by atoms with Gasteiger partial charge in [-0.05, 0) is 77.0 Å². The van der Waals surface area contributed by atoms with Crippen LogP contribution < -0.4 is 5.32 Å². The van der Waals surface area contributed by atoms with Crippen molar-refractivity contribution in [3.63, 3.8) is 0 Å². The fourth-order valence-electron chi connectivity index (χ4n) is 6.13. The number of urea groups is 1. The van der Waals surface area contributed by atoms with E-state index in [9.17, 15) is 9.59 Å². The van der Waals surface area contributed by atoms with Crippen LogP contribution in [-0.2, 0) is 17.6 Å². The lowest BCUT2D eigenvalue weighted by Crippen LogP contribution is -2.55. The van der Waals surface area contributed by atoms with Crippen LogP contribution in [0.15, 0.2) is 18.2 Å². The van der Waals surface area contributed by atoms with Gasteiger partial charge in [0, 0.05) is 48.2 Å². The molecular formula is C27H41N5O2. The number of hydrogen-bond donors (Lipinski definition) is 2. The molecule has 4 rings (SSSR count). The third kappa shape index (κ3) is 4.60. The van der Waals surface area contributed by atoms with E-state index in [4.69, 9.17) is 0 Å². The third-order valence-electron chi connectivity index (χ3n) is 7.72. The standard InChI is InChI=1S/C27H41N5O2/c1-6-22-21-16-24-20(19-11-9-12-23(29-22)25(19)21)15-18(17-31(24)8-3)26(33)32(27(34)28-7-2)14-10-13-30(4)5/h9,11-12,18,20,24,29H,6-8,10,13-17H2,1-5H3,(H,28,34)/t18-,20?,24-/m1/s1. The second-order valence-corrected chi connectivity index (χ2v) is 10.1. The molecule has 34 heavy (non-hydrogen) atoms. The van der Waals surface area contributed by atoms with Crippen LogP contribution in [0.25, 0.3) is 10.9 Å². The molecule has 2 aliphatic rings. The van der Waals surface area contributed by atoms with Gasteiger partial charge in [-0.3, -0.25) is 14.6 Å². The molecule has 0 radical (unpaired) electrons. The fraction of sp³-hybridized carbons (Fsp3) is 0.630. The Morgan fingerprint density at radius 2 is 1.97 bits per heavy atom. The number of amides is 3. The van der Waals surface area contributed by atoms with E-state index < -0.39 is 0 Å². The first-order valence-electron chi connectivity index (χ1n) is 13.0. The Hall–Kier alpha value is -2.38. The van der Waals surface area contributed by atoms with Crippen molar-refractivity contribution in [3.05, 3.63) is 35.0 Å². The molecule has 3 atom stereocenters. The molecule has 0 spiro atoms. The minimum atomic E-state index is -0.261. The average molecular weight is 468 g/mol. The number of aromatic amines is 1. The Balaban J connectivity index is 1.63. The summed E-state index contributed by atoms with van der Waals surface area (Å²) in [5, 5.41) is 4.23. The zero-order chi connectivity index (χ0) is 24.4. The highest BCUT2D eigenvalue weighted by atomic mass is 16.2. The smallest absolute Gasteiger partial charge is 0.324 e. The number of likely N-dealkylation sites (N-methyl/N-ethyl adjacent to an activating group) is 1. The maximum atomic E-state index is 13.8. The molecule has 1 aliphatic heterocycles. The summed E-state index contributed by atoms with van der Waals surface area (Å²) in [7, 11) is 4.03. The molecule has 0 bridgehead atoms. The number of fused-ring (bicyclic) bond motifs is 2. The lowest BCUT2D eigenvalue weighted by atomic mass is 9.71. The number of likely N-dealkylation sites (tertiary alicyclic amines) is 1. The van der Waals surface area contributed by atoms with Crippen molar-refractivity contribution in [2.45, 2.75) is 58.4 Å². The number of imide groups is 1. The summed E-state index contributed by atoms with van der Waals surface area (Å²) in [6.45, 7) is 9.75. The highest BCUT2D eigenvalue weighted by Gasteiger charge is 2.44. The highest BCUT2D eigenvalue weighted by Crippen LogP contribution is 2.46. The number of hydrogen-bond acceptors (Lipinski definition) is 4. The minimum absolute atomic E-state index is 0.0251. The number of carbonyl (C=O) groups is 2. The van der Waals surface area contributed by atoms with Gasteiger partial charge in [0.2, 0.25) is 5.91 Å². The van der Waals surface area contributed by atoms with Gasteiger partial charge in [0.15, 0.2) is 0 Å². The van der Waals surface area contributed by atoms with Gasteiger partial charge < -0.3 is 15.2 Å². The molecule has 1 fully saturated rings. The summed E-state index contributed by atoms with van der Waals surface area (Å²) < 4.78 is 0. The Morgan fingerprint density at radius 1 is 1.18 bits per heavy atom. The topological polar surface area (TPSA) is 71.7 Å². The van der Waals surface area contributed by atoms with E-state index in [0.29, 0.717) is 25.0 Å². The van der Waals surface area contributed by atoms with E-state index in [1.807, 2.05) is 21.0 Å². The molecule has 1 aromatic carbocycles. The quantitative estimate of drug-likeness (QED) is 0.622. The lowest BCUT2D eigenvalue weighted by molar-refractivity contribution is -0.135. The maximum absolute atomic E-state index is 13.8. The second kappa shape index (κ2) is 10.5. The normalized spacial score (nSPS) is 22.1. The number of rotatable bonds is 8. The summed E-state index contributed by atoms with van der Waals surface area (Å²) in [6.07, 6.45) is 3.61. The van der Waals surface area contributed by atoms with Crippen molar-refractivity contribution >= 4 is 22.8 Å². The molecule has 3 amide bonds. The summed E-state index contributed by atoms with van der Waals surface area (Å²) in [4.78, 5) is 36.3. The van der Waals surface area contributed by atoms with Gasteiger partial charge in [-0.1, -0.05) is 26.0 Å². The average Bonchev–Trinajstić information content (AvgIpc) is 3.19. The monoisotopic (exact) mass is 467 g/mol. The largest absolute Gasteiger partial charge is 0.358 e. The molecule has 2 heterocycles. The van der Waals surface area contributed by atoms with Crippen LogP contribution in [0.1, 0.15) is 56.4 Å². The first-order chi connectivity index (χ1) is 16.4. The van der Waals surface area contributed by atoms with Crippen LogP contribution in [0.3, 0.4) is 0 Å². The van der Waals surface area contributed by atoms with Crippen molar-refractivity contribution in [2.24, 2.45) is 5.92 Å². The van der Waals surface area contributed by atoms with E-state index in [2.05, 4.69) is 52.1 Å². The number of H-pyrrole nitrogens is 1. The molecule has 2 N–H and O–H groups in total. The van der Waals surface area contributed by atoms with Crippen molar-refractivity contribution in [1.82, 2.24) is 25.0 Å². The number of piperidine rings is 1. The Morgan fingerprint density at radius 3 is 2.65 bits per heavy atom. The van der Waals surface area contributed by atoms with Gasteiger partial charge in [0.1, 0.15) is 0 Å². The van der Waals surface area contributed by atoms with E-state index in [1.165, 1.54) is 32.6 Å². The molecule has 186 valence electrons. The predicted octanol–water partition coefficient (Wildman–Crippen LogP) is 3.59. The maximum Gasteiger partial charge on any atom is 0.324 e. The zero-order valence-corrected chi connectivity index (χ0v) is 21.5. The van der Waals surface area contributed by atoms with Gasteiger partial charge in [-0.15, -0.1) is 0 Å². The lowest BCUT2D eigenvalue weighted by Gasteiger charge is -2.47. The predicted molar refractivity (Wildman–Crippen MR) is 137 cm³/mol. The Kier molecular flexibility index (Phi) is 7.63. The summed E-state index contributed by atoms with van der Waals surface area (Å²) in [5.41, 5.74) is 5.39. The SMILES string of the molecule is CCNC(=O)N(CCCN(C)C)C(=O)[C@@H]1CC2c3cccc4[nH]c(CC)c(c34)C[C@H]2N(CC)C1. The molecule has 1 unspecified atom stereocenters. The molecule has 1 aromatic heterocycles. The van der Waals surface area contributed by atoms with Crippen LogP contribution in [0.5, 0.6) is 0 Å². The van der Waals surface area contributed by atoms with Crippen molar-refractivity contribution in [1.29, 1.82) is 0 Å². The molecule has 7 heteroatoms. The highest BCUT2D eigenvalue weighted by molar-refractivity contribution is 5.96. The fourth-order valence-corrected chi connectivity index (χ4v) is 6.13. The number of nitrogens with one attached hydrogen (secondary N) is 2. The van der Waals surface area contributed by atoms with E-state index >= 15 is 0 Å². The van der Waals surface area contributed by atoms with Crippen LogP contribution in [0.4, 0.5) is 4.79 Å². The number of aryl methyl sites for hydroxylation is 1. The molecule has 7 nitrogen and oxygen atoms in total. The van der Waals surface area contributed by atoms with Crippen LogP contribution in [0.2, 0.25) is 0 Å². The van der Waals surface area contributed by atoms with Crippen LogP contribution in [0, 0.1) is 5.92 Å². The summed E-state index contributed by atoms with van der Waals surface area (Å²) in [6, 6.07) is 6.72.